The first-order valence-corrected chi connectivity index (χ1v) is 9.62. The normalized spacial score (nSPS) is 26.8. The van der Waals surface area contributed by atoms with Crippen LogP contribution in [0.4, 0.5) is 4.79 Å². The van der Waals surface area contributed by atoms with Crippen LogP contribution in [0.15, 0.2) is 0 Å². The zero-order valence-electron chi connectivity index (χ0n) is 15.9. The molecule has 2 N–H and O–H groups in total. The van der Waals surface area contributed by atoms with Crippen LogP contribution in [0.1, 0.15) is 59.8 Å². The van der Waals surface area contributed by atoms with Gasteiger partial charge in [-0.25, -0.2) is 4.79 Å². The van der Waals surface area contributed by atoms with Gasteiger partial charge in [-0.2, -0.15) is 0 Å². The van der Waals surface area contributed by atoms with E-state index in [1.54, 1.807) is 0 Å². The summed E-state index contributed by atoms with van der Waals surface area (Å²) in [5.41, 5.74) is -0.446. The van der Waals surface area contributed by atoms with Gasteiger partial charge in [-0.1, -0.05) is 13.3 Å². The lowest BCUT2D eigenvalue weighted by molar-refractivity contribution is 0.00261. The lowest BCUT2D eigenvalue weighted by Crippen LogP contribution is -2.47. The van der Waals surface area contributed by atoms with Gasteiger partial charge in [0, 0.05) is 25.7 Å². The molecule has 0 aromatic rings. The van der Waals surface area contributed by atoms with Crippen molar-refractivity contribution < 1.29 is 14.6 Å². The number of carbonyl (C=O) groups is 1. The van der Waals surface area contributed by atoms with E-state index in [4.69, 9.17) is 4.74 Å². The number of carbonyl (C=O) groups excluding carboxylic acids is 1. The fourth-order valence-corrected chi connectivity index (χ4v) is 3.88. The number of hydrogen-bond donors (Lipinski definition) is 2. The number of likely N-dealkylation sites (tertiary alicyclic amines) is 1. The van der Waals surface area contributed by atoms with Gasteiger partial charge in [0.2, 0.25) is 0 Å². The molecule has 140 valence electrons. The van der Waals surface area contributed by atoms with E-state index in [-0.39, 0.29) is 12.7 Å². The Morgan fingerprint density at radius 3 is 2.54 bits per heavy atom. The van der Waals surface area contributed by atoms with E-state index in [0.29, 0.717) is 23.8 Å². The van der Waals surface area contributed by atoms with Gasteiger partial charge in [0.25, 0.3) is 0 Å². The number of nitrogens with zero attached hydrogens (tertiary/aromatic N) is 1. The van der Waals surface area contributed by atoms with Crippen LogP contribution in [-0.4, -0.2) is 54.0 Å². The summed E-state index contributed by atoms with van der Waals surface area (Å²) in [5, 5.41) is 13.4. The zero-order chi connectivity index (χ0) is 17.7. The molecule has 1 heterocycles. The summed E-state index contributed by atoms with van der Waals surface area (Å²) < 4.78 is 5.49. The molecule has 0 aromatic heterocycles. The number of piperidine rings is 1. The van der Waals surface area contributed by atoms with Crippen molar-refractivity contribution in [3.63, 3.8) is 0 Å². The number of hydrogen-bond acceptors (Lipinski definition) is 4. The van der Waals surface area contributed by atoms with Crippen LogP contribution in [0.25, 0.3) is 0 Å². The molecule has 5 heteroatoms. The molecule has 1 saturated carbocycles. The van der Waals surface area contributed by atoms with Gasteiger partial charge in [0.1, 0.15) is 5.60 Å². The Labute approximate surface area is 147 Å². The minimum atomic E-state index is -0.446. The molecule has 2 fully saturated rings. The Bertz CT molecular complexity index is 404. The van der Waals surface area contributed by atoms with E-state index in [9.17, 15) is 9.90 Å². The van der Waals surface area contributed by atoms with E-state index in [0.717, 1.165) is 32.5 Å². The molecular formula is C19H36N2O3. The predicted molar refractivity (Wildman–Crippen MR) is 95.9 cm³/mol. The fraction of sp³-hybridized carbons (Fsp3) is 0.947. The molecule has 2 rings (SSSR count). The molecule has 3 atom stereocenters. The number of aliphatic hydroxyl groups excluding tert-OH is 1. The van der Waals surface area contributed by atoms with E-state index in [1.807, 2.05) is 25.7 Å². The standard InChI is InChI=1S/C19H36N2O3/c1-14-12-21(18(23)24-19(2,3)4)11-9-17(14)15(13-22)8-10-20-16-6-5-7-16/h14-17,20,22H,5-13H2,1-4H3. The Kier molecular flexibility index (Phi) is 6.93. The van der Waals surface area contributed by atoms with Crippen molar-refractivity contribution >= 4 is 6.09 Å². The van der Waals surface area contributed by atoms with E-state index in [2.05, 4.69) is 12.2 Å². The molecule has 2 aliphatic rings. The summed E-state index contributed by atoms with van der Waals surface area (Å²) in [4.78, 5) is 14.1. The molecule has 5 nitrogen and oxygen atoms in total. The summed E-state index contributed by atoms with van der Waals surface area (Å²) in [6, 6.07) is 0.704. The van der Waals surface area contributed by atoms with Gasteiger partial charge in [0.05, 0.1) is 0 Å². The first kappa shape index (κ1) is 19.5. The third-order valence-electron chi connectivity index (χ3n) is 5.52. The zero-order valence-corrected chi connectivity index (χ0v) is 15.9. The highest BCUT2D eigenvalue weighted by Gasteiger charge is 2.35. The molecule has 3 unspecified atom stereocenters. The Balaban J connectivity index is 1.78. The highest BCUT2D eigenvalue weighted by molar-refractivity contribution is 5.68. The molecular weight excluding hydrogens is 304 g/mol. The quantitative estimate of drug-likeness (QED) is 0.780. The second kappa shape index (κ2) is 8.52. The molecule has 1 amide bonds. The largest absolute Gasteiger partial charge is 0.444 e. The predicted octanol–water partition coefficient (Wildman–Crippen LogP) is 3.02. The maximum atomic E-state index is 12.2. The van der Waals surface area contributed by atoms with Crippen LogP contribution < -0.4 is 5.32 Å². The van der Waals surface area contributed by atoms with Gasteiger partial charge >= 0.3 is 6.09 Å². The highest BCUT2D eigenvalue weighted by Crippen LogP contribution is 2.32. The Morgan fingerprint density at radius 2 is 2.04 bits per heavy atom. The number of aliphatic hydroxyl groups is 1. The SMILES string of the molecule is CC1CN(C(=O)OC(C)(C)C)CCC1C(CO)CCNC1CCC1. The summed E-state index contributed by atoms with van der Waals surface area (Å²) in [7, 11) is 0. The van der Waals surface area contributed by atoms with Crippen molar-refractivity contribution in [2.75, 3.05) is 26.2 Å². The van der Waals surface area contributed by atoms with E-state index >= 15 is 0 Å². The number of amides is 1. The molecule has 24 heavy (non-hydrogen) atoms. The van der Waals surface area contributed by atoms with Crippen molar-refractivity contribution in [2.24, 2.45) is 17.8 Å². The van der Waals surface area contributed by atoms with Gasteiger partial charge < -0.3 is 20.1 Å². The topological polar surface area (TPSA) is 61.8 Å². The Hall–Kier alpha value is -0.810. The second-order valence-corrected chi connectivity index (χ2v) is 8.67. The monoisotopic (exact) mass is 340 g/mol. The number of rotatable bonds is 6. The van der Waals surface area contributed by atoms with Crippen molar-refractivity contribution in [3.8, 4) is 0 Å². The van der Waals surface area contributed by atoms with E-state index < -0.39 is 5.60 Å². The van der Waals surface area contributed by atoms with Crippen LogP contribution in [0.2, 0.25) is 0 Å². The lowest BCUT2D eigenvalue weighted by atomic mass is 9.76. The molecule has 0 spiro atoms. The van der Waals surface area contributed by atoms with Crippen LogP contribution in [-0.2, 0) is 4.74 Å². The minimum absolute atomic E-state index is 0.208. The van der Waals surface area contributed by atoms with Crippen LogP contribution >= 0.6 is 0 Å². The molecule has 0 aromatic carbocycles. The van der Waals surface area contributed by atoms with Crippen molar-refractivity contribution in [1.82, 2.24) is 10.2 Å². The van der Waals surface area contributed by atoms with Crippen molar-refractivity contribution in [2.45, 2.75) is 71.4 Å². The smallest absolute Gasteiger partial charge is 0.410 e. The summed E-state index contributed by atoms with van der Waals surface area (Å²) in [6.45, 7) is 10.6. The average Bonchev–Trinajstić information content (AvgIpc) is 2.44. The third-order valence-corrected chi connectivity index (χ3v) is 5.52. The molecule has 1 saturated heterocycles. The van der Waals surface area contributed by atoms with E-state index in [1.165, 1.54) is 19.3 Å². The van der Waals surface area contributed by atoms with Crippen molar-refractivity contribution in [3.05, 3.63) is 0 Å². The van der Waals surface area contributed by atoms with Gasteiger partial charge in [-0.3, -0.25) is 0 Å². The summed E-state index contributed by atoms with van der Waals surface area (Å²) in [6.07, 6.45) is 5.72. The average molecular weight is 341 g/mol. The van der Waals surface area contributed by atoms with Gasteiger partial charge in [-0.15, -0.1) is 0 Å². The first-order valence-electron chi connectivity index (χ1n) is 9.62. The van der Waals surface area contributed by atoms with Gasteiger partial charge in [-0.05, 0) is 70.8 Å². The van der Waals surface area contributed by atoms with Crippen LogP contribution in [0.5, 0.6) is 0 Å². The molecule has 1 aliphatic carbocycles. The maximum absolute atomic E-state index is 12.2. The third kappa shape index (κ3) is 5.62. The van der Waals surface area contributed by atoms with Crippen molar-refractivity contribution in [1.29, 1.82) is 0 Å². The molecule has 0 bridgehead atoms. The van der Waals surface area contributed by atoms with Crippen LogP contribution in [0, 0.1) is 17.8 Å². The van der Waals surface area contributed by atoms with Gasteiger partial charge in [0.15, 0.2) is 0 Å². The molecule has 1 aliphatic heterocycles. The highest BCUT2D eigenvalue weighted by atomic mass is 16.6. The fourth-order valence-electron chi connectivity index (χ4n) is 3.88. The lowest BCUT2D eigenvalue weighted by Gasteiger charge is -2.40. The first-order chi connectivity index (χ1) is 11.3. The molecule has 0 radical (unpaired) electrons. The summed E-state index contributed by atoms with van der Waals surface area (Å²) >= 11 is 0. The number of nitrogens with one attached hydrogen (secondary N) is 1. The summed E-state index contributed by atoms with van der Waals surface area (Å²) in [5.74, 6) is 1.21. The minimum Gasteiger partial charge on any atom is -0.444 e. The second-order valence-electron chi connectivity index (χ2n) is 8.67. The maximum Gasteiger partial charge on any atom is 0.410 e. The van der Waals surface area contributed by atoms with Crippen LogP contribution in [0.3, 0.4) is 0 Å². The number of ether oxygens (including phenoxy) is 1. The Morgan fingerprint density at radius 1 is 1.33 bits per heavy atom.